The first kappa shape index (κ1) is 17.5. The molecule has 0 aliphatic rings. The summed E-state index contributed by atoms with van der Waals surface area (Å²) in [7, 11) is 0. The van der Waals surface area contributed by atoms with E-state index in [0.717, 1.165) is 33.6 Å². The molecule has 2 aromatic carbocycles. The Kier molecular flexibility index (Phi) is 5.90. The quantitative estimate of drug-likeness (QED) is 0.650. The Morgan fingerprint density at radius 2 is 1.88 bits per heavy atom. The van der Waals surface area contributed by atoms with Gasteiger partial charge in [-0.3, -0.25) is 4.79 Å². The Balaban J connectivity index is 1.89. The fraction of sp³-hybridized carbons (Fsp3) is 0.200. The monoisotopic (exact) mass is 322 g/mol. The van der Waals surface area contributed by atoms with Crippen molar-refractivity contribution in [2.24, 2.45) is 5.10 Å². The molecule has 0 aliphatic heterocycles. The third-order valence-electron chi connectivity index (χ3n) is 3.67. The molecule has 0 spiro atoms. The number of carbonyl (C=O) groups is 1. The summed E-state index contributed by atoms with van der Waals surface area (Å²) >= 11 is 0. The number of benzene rings is 2. The molecule has 0 aliphatic carbocycles. The predicted octanol–water partition coefficient (Wildman–Crippen LogP) is 3.78. The van der Waals surface area contributed by atoms with Crippen LogP contribution in [0.3, 0.4) is 0 Å². The van der Waals surface area contributed by atoms with E-state index in [9.17, 15) is 4.79 Å². The number of hydrazone groups is 1. The molecule has 2 aromatic rings. The Hall–Kier alpha value is -2.88. The molecule has 24 heavy (non-hydrogen) atoms. The molecule has 0 heterocycles. The van der Waals surface area contributed by atoms with E-state index in [0.29, 0.717) is 0 Å². The molecule has 124 valence electrons. The van der Waals surface area contributed by atoms with Crippen molar-refractivity contribution in [3.05, 3.63) is 70.8 Å². The Labute approximate surface area is 142 Å². The minimum Gasteiger partial charge on any atom is -0.483 e. The maximum absolute atomic E-state index is 11.8. The van der Waals surface area contributed by atoms with Crippen LogP contribution >= 0.6 is 0 Å². The van der Waals surface area contributed by atoms with Crippen molar-refractivity contribution >= 4 is 18.2 Å². The van der Waals surface area contributed by atoms with Crippen LogP contribution in [0.15, 0.2) is 48.1 Å². The molecule has 0 aromatic heterocycles. The SMILES string of the molecule is C=Cc1ccc(C=NNC(=O)COc2c(C)cccc2C)cc1C. The standard InChI is InChI=1S/C20H22N2O2/c1-5-18-10-9-17(11-16(18)4)12-21-22-19(23)13-24-20-14(2)7-6-8-15(20)3/h5-12H,1,13H2,2-4H3,(H,22,23). The van der Waals surface area contributed by atoms with Crippen LogP contribution in [0.4, 0.5) is 0 Å². The predicted molar refractivity (Wildman–Crippen MR) is 98.4 cm³/mol. The van der Waals surface area contributed by atoms with Gasteiger partial charge in [0.25, 0.3) is 5.91 Å². The van der Waals surface area contributed by atoms with Gasteiger partial charge in [0.1, 0.15) is 5.75 Å². The first-order chi connectivity index (χ1) is 11.5. The highest BCUT2D eigenvalue weighted by Gasteiger charge is 2.06. The third-order valence-corrected chi connectivity index (χ3v) is 3.67. The average molecular weight is 322 g/mol. The van der Waals surface area contributed by atoms with Crippen LogP contribution in [-0.4, -0.2) is 18.7 Å². The number of nitrogens with one attached hydrogen (secondary N) is 1. The topological polar surface area (TPSA) is 50.7 Å². The molecule has 0 radical (unpaired) electrons. The minimum atomic E-state index is -0.298. The number of aryl methyl sites for hydroxylation is 3. The lowest BCUT2D eigenvalue weighted by Crippen LogP contribution is -2.25. The summed E-state index contributed by atoms with van der Waals surface area (Å²) in [4.78, 5) is 11.8. The van der Waals surface area contributed by atoms with Crippen LogP contribution in [0.5, 0.6) is 5.75 Å². The molecular formula is C20H22N2O2. The number of ether oxygens (including phenoxy) is 1. The lowest BCUT2D eigenvalue weighted by atomic mass is 10.1. The van der Waals surface area contributed by atoms with Crippen molar-refractivity contribution in [1.82, 2.24) is 5.43 Å². The van der Waals surface area contributed by atoms with E-state index in [-0.39, 0.29) is 12.5 Å². The van der Waals surface area contributed by atoms with E-state index in [4.69, 9.17) is 4.74 Å². The molecule has 0 saturated heterocycles. The second-order valence-corrected chi connectivity index (χ2v) is 5.62. The van der Waals surface area contributed by atoms with Gasteiger partial charge in [-0.15, -0.1) is 0 Å². The molecule has 2 rings (SSSR count). The van der Waals surface area contributed by atoms with E-state index in [1.807, 2.05) is 63.2 Å². The summed E-state index contributed by atoms with van der Waals surface area (Å²) in [5.41, 5.74) is 7.58. The maximum Gasteiger partial charge on any atom is 0.277 e. The van der Waals surface area contributed by atoms with Crippen molar-refractivity contribution in [1.29, 1.82) is 0 Å². The van der Waals surface area contributed by atoms with Gasteiger partial charge in [-0.1, -0.05) is 43.0 Å². The van der Waals surface area contributed by atoms with Gasteiger partial charge < -0.3 is 4.74 Å². The maximum atomic E-state index is 11.8. The smallest absolute Gasteiger partial charge is 0.277 e. The van der Waals surface area contributed by atoms with Gasteiger partial charge in [0.05, 0.1) is 6.21 Å². The second-order valence-electron chi connectivity index (χ2n) is 5.62. The van der Waals surface area contributed by atoms with Crippen molar-refractivity contribution in [3.63, 3.8) is 0 Å². The molecular weight excluding hydrogens is 300 g/mol. The van der Waals surface area contributed by atoms with Crippen LogP contribution in [0.25, 0.3) is 6.08 Å². The number of nitrogens with zero attached hydrogens (tertiary/aromatic N) is 1. The highest BCUT2D eigenvalue weighted by Crippen LogP contribution is 2.21. The summed E-state index contributed by atoms with van der Waals surface area (Å²) in [6.45, 7) is 9.60. The van der Waals surface area contributed by atoms with E-state index in [1.54, 1.807) is 6.21 Å². The Morgan fingerprint density at radius 1 is 1.17 bits per heavy atom. The molecule has 1 amide bonds. The molecule has 4 nitrogen and oxygen atoms in total. The van der Waals surface area contributed by atoms with Gasteiger partial charge in [0.15, 0.2) is 6.61 Å². The number of para-hydroxylation sites is 1. The number of carbonyl (C=O) groups excluding carboxylic acids is 1. The first-order valence-electron chi connectivity index (χ1n) is 7.75. The lowest BCUT2D eigenvalue weighted by molar-refractivity contribution is -0.123. The van der Waals surface area contributed by atoms with Gasteiger partial charge in [-0.05, 0) is 54.7 Å². The van der Waals surface area contributed by atoms with Crippen LogP contribution < -0.4 is 10.2 Å². The molecule has 4 heteroatoms. The van der Waals surface area contributed by atoms with Crippen LogP contribution in [-0.2, 0) is 4.79 Å². The molecule has 1 N–H and O–H groups in total. The van der Waals surface area contributed by atoms with Crippen LogP contribution in [0, 0.1) is 20.8 Å². The number of rotatable bonds is 6. The Bertz CT molecular complexity index is 759. The van der Waals surface area contributed by atoms with Gasteiger partial charge >= 0.3 is 0 Å². The molecule has 0 atom stereocenters. The normalized spacial score (nSPS) is 10.6. The third kappa shape index (κ3) is 4.56. The number of amides is 1. The van der Waals surface area contributed by atoms with E-state index in [1.165, 1.54) is 0 Å². The largest absolute Gasteiger partial charge is 0.483 e. The average Bonchev–Trinajstić information content (AvgIpc) is 2.54. The summed E-state index contributed by atoms with van der Waals surface area (Å²) < 4.78 is 5.58. The summed E-state index contributed by atoms with van der Waals surface area (Å²) in [6, 6.07) is 11.7. The summed E-state index contributed by atoms with van der Waals surface area (Å²) in [5, 5.41) is 3.96. The van der Waals surface area contributed by atoms with Crippen molar-refractivity contribution < 1.29 is 9.53 Å². The number of hydrogen-bond acceptors (Lipinski definition) is 3. The molecule has 0 bridgehead atoms. The van der Waals surface area contributed by atoms with Crippen LogP contribution in [0.1, 0.15) is 27.8 Å². The van der Waals surface area contributed by atoms with Gasteiger partial charge in [-0.25, -0.2) is 5.43 Å². The second kappa shape index (κ2) is 8.11. The molecule has 0 fully saturated rings. The Morgan fingerprint density at radius 3 is 2.50 bits per heavy atom. The van der Waals surface area contributed by atoms with Crippen LogP contribution in [0.2, 0.25) is 0 Å². The van der Waals surface area contributed by atoms with Crippen molar-refractivity contribution in [3.8, 4) is 5.75 Å². The first-order valence-corrected chi connectivity index (χ1v) is 7.75. The van der Waals surface area contributed by atoms with E-state index < -0.39 is 0 Å². The fourth-order valence-electron chi connectivity index (χ4n) is 2.38. The summed E-state index contributed by atoms with van der Waals surface area (Å²) in [6.07, 6.45) is 3.42. The zero-order valence-corrected chi connectivity index (χ0v) is 14.3. The van der Waals surface area contributed by atoms with E-state index >= 15 is 0 Å². The van der Waals surface area contributed by atoms with Gasteiger partial charge in [-0.2, -0.15) is 5.10 Å². The fourth-order valence-corrected chi connectivity index (χ4v) is 2.38. The van der Waals surface area contributed by atoms with Gasteiger partial charge in [0.2, 0.25) is 0 Å². The number of hydrogen-bond donors (Lipinski definition) is 1. The molecule has 0 unspecified atom stereocenters. The minimum absolute atomic E-state index is 0.0720. The molecule has 0 saturated carbocycles. The zero-order chi connectivity index (χ0) is 17.5. The van der Waals surface area contributed by atoms with Crippen molar-refractivity contribution in [2.45, 2.75) is 20.8 Å². The van der Waals surface area contributed by atoms with Gasteiger partial charge in [0, 0.05) is 0 Å². The van der Waals surface area contributed by atoms with E-state index in [2.05, 4.69) is 17.1 Å². The highest BCUT2D eigenvalue weighted by molar-refractivity contribution is 5.83. The zero-order valence-electron chi connectivity index (χ0n) is 14.3. The highest BCUT2D eigenvalue weighted by atomic mass is 16.5. The lowest BCUT2D eigenvalue weighted by Gasteiger charge is -2.10. The summed E-state index contributed by atoms with van der Waals surface area (Å²) in [5.74, 6) is 0.445. The van der Waals surface area contributed by atoms with Crippen molar-refractivity contribution in [2.75, 3.05) is 6.61 Å².